The molecule has 3 aromatic rings. The zero-order valence-corrected chi connectivity index (χ0v) is 15.3. The number of para-hydroxylation sites is 1. The number of nitro groups is 1. The molecule has 0 fully saturated rings. The first-order valence-electron chi connectivity index (χ1n) is 8.45. The molecule has 0 unspecified atom stereocenters. The van der Waals surface area contributed by atoms with E-state index in [0.29, 0.717) is 22.8 Å². The van der Waals surface area contributed by atoms with Crippen LogP contribution in [0.4, 0.5) is 16.2 Å². The van der Waals surface area contributed by atoms with E-state index in [-0.39, 0.29) is 5.69 Å². The number of rotatable bonds is 5. The third-order valence-corrected chi connectivity index (χ3v) is 4.08. The predicted octanol–water partition coefficient (Wildman–Crippen LogP) is 4.63. The summed E-state index contributed by atoms with van der Waals surface area (Å²) in [6.45, 7) is 3.73. The summed E-state index contributed by atoms with van der Waals surface area (Å²) < 4.78 is 5.66. The molecule has 2 amide bonds. The van der Waals surface area contributed by atoms with E-state index in [1.54, 1.807) is 24.3 Å². The van der Waals surface area contributed by atoms with Crippen LogP contribution in [-0.2, 0) is 0 Å². The van der Waals surface area contributed by atoms with Crippen LogP contribution in [0.5, 0.6) is 0 Å². The van der Waals surface area contributed by atoms with Crippen LogP contribution in [0.2, 0.25) is 0 Å². The second-order valence-electron chi connectivity index (χ2n) is 6.10. The lowest BCUT2D eigenvalue weighted by atomic mass is 10.1. The quantitative estimate of drug-likeness (QED) is 0.383. The van der Waals surface area contributed by atoms with Gasteiger partial charge in [0.2, 0.25) is 0 Å². The number of hydrogen-bond donors (Lipinski definition) is 2. The number of amides is 2. The highest BCUT2D eigenvalue weighted by molar-refractivity contribution is 5.90. The molecule has 3 rings (SSSR count). The van der Waals surface area contributed by atoms with Crippen LogP contribution >= 0.6 is 0 Å². The van der Waals surface area contributed by atoms with Crippen LogP contribution in [0, 0.1) is 24.0 Å². The second-order valence-corrected chi connectivity index (χ2v) is 6.10. The molecule has 0 aliphatic heterocycles. The molecule has 0 aliphatic carbocycles. The minimum Gasteiger partial charge on any atom is -0.455 e. The Hall–Kier alpha value is -3.94. The Labute approximate surface area is 161 Å². The van der Waals surface area contributed by atoms with Gasteiger partial charge in [0.15, 0.2) is 0 Å². The second kappa shape index (κ2) is 8.17. The maximum Gasteiger partial charge on any atom is 0.339 e. The number of furan rings is 1. The molecule has 28 heavy (non-hydrogen) atoms. The largest absolute Gasteiger partial charge is 0.455 e. The van der Waals surface area contributed by atoms with E-state index in [1.807, 2.05) is 32.0 Å². The normalized spacial score (nSPS) is 10.8. The van der Waals surface area contributed by atoms with E-state index in [9.17, 15) is 14.9 Å². The Morgan fingerprint density at radius 3 is 2.64 bits per heavy atom. The summed E-state index contributed by atoms with van der Waals surface area (Å²) in [4.78, 5) is 22.4. The smallest absolute Gasteiger partial charge is 0.339 e. The number of carbonyl (C=O) groups is 1. The highest BCUT2D eigenvalue weighted by atomic mass is 16.6. The molecule has 2 N–H and O–H groups in total. The maximum atomic E-state index is 11.9. The number of carbonyl (C=O) groups excluding carboxylic acids is 1. The van der Waals surface area contributed by atoms with Crippen molar-refractivity contribution in [1.82, 2.24) is 5.43 Å². The SMILES string of the molecule is Cc1ccccc1NC(=O)NN=Cc1ccc(-c2cc([N+](=O)[O-])ccc2C)o1. The van der Waals surface area contributed by atoms with Crippen molar-refractivity contribution >= 4 is 23.6 Å². The highest BCUT2D eigenvalue weighted by Crippen LogP contribution is 2.28. The van der Waals surface area contributed by atoms with Gasteiger partial charge < -0.3 is 9.73 Å². The van der Waals surface area contributed by atoms with Crippen molar-refractivity contribution in [2.75, 3.05) is 5.32 Å². The van der Waals surface area contributed by atoms with Crippen molar-refractivity contribution in [3.8, 4) is 11.3 Å². The summed E-state index contributed by atoms with van der Waals surface area (Å²) in [6, 6.07) is 14.8. The fraction of sp³-hybridized carbons (Fsp3) is 0.100. The first-order valence-corrected chi connectivity index (χ1v) is 8.45. The zero-order chi connectivity index (χ0) is 20.1. The Morgan fingerprint density at radius 1 is 1.11 bits per heavy atom. The maximum absolute atomic E-state index is 11.9. The topological polar surface area (TPSA) is 110 Å². The van der Waals surface area contributed by atoms with Crippen molar-refractivity contribution in [2.45, 2.75) is 13.8 Å². The molecule has 0 atom stereocenters. The lowest BCUT2D eigenvalue weighted by molar-refractivity contribution is -0.384. The highest BCUT2D eigenvalue weighted by Gasteiger charge is 2.13. The van der Waals surface area contributed by atoms with Crippen LogP contribution < -0.4 is 10.7 Å². The number of anilines is 1. The third kappa shape index (κ3) is 4.42. The van der Waals surface area contributed by atoms with Gasteiger partial charge in [-0.25, -0.2) is 10.2 Å². The molecule has 142 valence electrons. The van der Waals surface area contributed by atoms with Gasteiger partial charge in [0, 0.05) is 23.4 Å². The molecule has 8 heteroatoms. The van der Waals surface area contributed by atoms with Crippen molar-refractivity contribution in [1.29, 1.82) is 0 Å². The standard InChI is InChI=1S/C20H18N4O4/c1-13-7-8-15(24(26)27)11-17(13)19-10-9-16(28-19)12-21-23-20(25)22-18-6-4-3-5-14(18)2/h3-12H,1-2H3,(H2,22,23,25). The Bertz CT molecular complexity index is 1060. The number of nitrogens with one attached hydrogen (secondary N) is 2. The lowest BCUT2D eigenvalue weighted by Gasteiger charge is -2.06. The molecule has 2 aromatic carbocycles. The van der Waals surface area contributed by atoms with Gasteiger partial charge in [-0.2, -0.15) is 5.10 Å². The van der Waals surface area contributed by atoms with E-state index >= 15 is 0 Å². The van der Waals surface area contributed by atoms with E-state index in [1.165, 1.54) is 18.3 Å². The van der Waals surface area contributed by atoms with Gasteiger partial charge in [-0.3, -0.25) is 10.1 Å². The fourth-order valence-electron chi connectivity index (χ4n) is 2.57. The first-order chi connectivity index (χ1) is 13.4. The molecule has 0 radical (unpaired) electrons. The monoisotopic (exact) mass is 378 g/mol. The van der Waals surface area contributed by atoms with E-state index in [4.69, 9.17) is 4.42 Å². The molecule has 0 saturated carbocycles. The number of nitro benzene ring substituents is 1. The number of aryl methyl sites for hydroxylation is 2. The van der Waals surface area contributed by atoms with Gasteiger partial charge in [-0.05, 0) is 43.2 Å². The average molecular weight is 378 g/mol. The van der Waals surface area contributed by atoms with Crippen LogP contribution in [-0.4, -0.2) is 17.2 Å². The van der Waals surface area contributed by atoms with Gasteiger partial charge >= 0.3 is 6.03 Å². The number of nitrogens with zero attached hydrogens (tertiary/aromatic N) is 2. The average Bonchev–Trinajstić information content (AvgIpc) is 3.12. The van der Waals surface area contributed by atoms with Crippen LogP contribution in [0.1, 0.15) is 16.9 Å². The summed E-state index contributed by atoms with van der Waals surface area (Å²) in [5.41, 5.74) is 5.45. The number of hydrazone groups is 1. The summed E-state index contributed by atoms with van der Waals surface area (Å²) in [5.74, 6) is 0.879. The molecule has 8 nitrogen and oxygen atoms in total. The van der Waals surface area contributed by atoms with Gasteiger partial charge in [0.25, 0.3) is 5.69 Å². The number of benzene rings is 2. The van der Waals surface area contributed by atoms with Crippen molar-refractivity contribution < 1.29 is 14.1 Å². The van der Waals surface area contributed by atoms with Gasteiger partial charge in [0.05, 0.1) is 11.1 Å². The minimum atomic E-state index is -0.480. The molecule has 0 aliphatic rings. The molecule has 1 heterocycles. The van der Waals surface area contributed by atoms with E-state index < -0.39 is 11.0 Å². The third-order valence-electron chi connectivity index (χ3n) is 4.08. The minimum absolute atomic E-state index is 0.0123. The number of non-ortho nitro benzene ring substituents is 1. The molecule has 0 saturated heterocycles. The number of hydrogen-bond acceptors (Lipinski definition) is 5. The van der Waals surface area contributed by atoms with Crippen LogP contribution in [0.15, 0.2) is 64.1 Å². The molecule has 1 aromatic heterocycles. The first kappa shape index (κ1) is 18.8. The summed E-state index contributed by atoms with van der Waals surface area (Å²) in [7, 11) is 0. The van der Waals surface area contributed by atoms with E-state index in [2.05, 4.69) is 15.8 Å². The number of urea groups is 1. The van der Waals surface area contributed by atoms with E-state index in [0.717, 1.165) is 11.1 Å². The van der Waals surface area contributed by atoms with Crippen molar-refractivity contribution in [3.63, 3.8) is 0 Å². The van der Waals surface area contributed by atoms with Crippen molar-refractivity contribution in [2.24, 2.45) is 5.10 Å². The van der Waals surface area contributed by atoms with Gasteiger partial charge in [0.1, 0.15) is 11.5 Å². The predicted molar refractivity (Wildman–Crippen MR) is 106 cm³/mol. The van der Waals surface area contributed by atoms with Gasteiger partial charge in [-0.1, -0.05) is 24.3 Å². The molecule has 0 spiro atoms. The Morgan fingerprint density at radius 2 is 1.89 bits per heavy atom. The van der Waals surface area contributed by atoms with Crippen molar-refractivity contribution in [3.05, 3.63) is 81.6 Å². The summed E-state index contributed by atoms with van der Waals surface area (Å²) >= 11 is 0. The lowest BCUT2D eigenvalue weighted by Crippen LogP contribution is -2.24. The molecular weight excluding hydrogens is 360 g/mol. The summed E-state index contributed by atoms with van der Waals surface area (Å²) in [5, 5.41) is 17.5. The summed E-state index contributed by atoms with van der Waals surface area (Å²) in [6.07, 6.45) is 1.35. The zero-order valence-electron chi connectivity index (χ0n) is 15.3. The van der Waals surface area contributed by atoms with Crippen LogP contribution in [0.25, 0.3) is 11.3 Å². The molecular formula is C20H18N4O4. The Kier molecular flexibility index (Phi) is 5.50. The van der Waals surface area contributed by atoms with Crippen LogP contribution in [0.3, 0.4) is 0 Å². The Balaban J connectivity index is 1.66. The molecule has 0 bridgehead atoms. The fourth-order valence-corrected chi connectivity index (χ4v) is 2.57. The van der Waals surface area contributed by atoms with Gasteiger partial charge in [-0.15, -0.1) is 0 Å².